The summed E-state index contributed by atoms with van der Waals surface area (Å²) in [6.45, 7) is -1.45. The average molecular weight is 596 g/mol. The van der Waals surface area contributed by atoms with Gasteiger partial charge < -0.3 is 75.2 Å². The fourth-order valence-electron chi connectivity index (χ4n) is 5.23. The van der Waals surface area contributed by atoms with Crippen molar-refractivity contribution < 1.29 is 75.2 Å². The van der Waals surface area contributed by atoms with Crippen LogP contribution in [0.4, 0.5) is 0 Å². The highest BCUT2D eigenvalue weighted by Gasteiger charge is 2.48. The topological polar surface area (TPSA) is 291 Å². The van der Waals surface area contributed by atoms with Gasteiger partial charge in [-0.2, -0.15) is 0 Å². The van der Waals surface area contributed by atoms with Crippen LogP contribution in [0.25, 0.3) is 22.3 Å². The van der Waals surface area contributed by atoms with Gasteiger partial charge in [-0.1, -0.05) is 0 Å². The van der Waals surface area contributed by atoms with Gasteiger partial charge in [0, 0.05) is 11.6 Å². The van der Waals surface area contributed by atoms with Crippen LogP contribution in [0.2, 0.25) is 0 Å². The fourth-order valence-corrected chi connectivity index (χ4v) is 5.23. The lowest BCUT2D eigenvalue weighted by atomic mass is 9.85. The van der Waals surface area contributed by atoms with E-state index in [0.717, 1.165) is 18.2 Å². The van der Waals surface area contributed by atoms with E-state index in [9.17, 15) is 66.1 Å². The molecule has 3 heterocycles. The highest BCUT2D eigenvalue weighted by atomic mass is 16.5. The number of aromatic hydroxyl groups is 5. The number of rotatable bonds is 4. The minimum atomic E-state index is -2.05. The van der Waals surface area contributed by atoms with E-state index < -0.39 is 130 Å². The molecule has 0 aliphatic carbocycles. The lowest BCUT2D eigenvalue weighted by Gasteiger charge is -2.41. The first-order valence-corrected chi connectivity index (χ1v) is 12.6. The number of phenols is 5. The Morgan fingerprint density at radius 3 is 1.95 bits per heavy atom. The molecule has 2 fully saturated rings. The molecule has 0 unspecified atom stereocenters. The van der Waals surface area contributed by atoms with Crippen molar-refractivity contribution in [3.05, 3.63) is 39.5 Å². The summed E-state index contributed by atoms with van der Waals surface area (Å²) in [4.78, 5) is 13.4. The standard InChI is InChI=1S/C26H28O16/c27-4-12-18(34)21(37)23(39)26(42-12)15-20(36)14(25-22(38)17(33)10(31)5-40-25)19(35)13-7(28)3-11(41-24(13)15)6-1-8(29)16(32)9(30)2-6/h1-3,10,12,17-18,21-23,25-27,29-39H,4-5H2/t10-,12-,17-,18+,21-,22-,23+,25-,26-/m0/s1. The summed E-state index contributed by atoms with van der Waals surface area (Å²) in [6.07, 6.45) is -16.3. The fraction of sp³-hybridized carbons (Fsp3) is 0.423. The van der Waals surface area contributed by atoms with Crippen molar-refractivity contribution >= 4 is 11.0 Å². The molecule has 16 nitrogen and oxygen atoms in total. The number of fused-ring (bicyclic) bond motifs is 1. The van der Waals surface area contributed by atoms with E-state index in [1.54, 1.807) is 0 Å². The third kappa shape index (κ3) is 4.58. The molecule has 12 N–H and O–H groups in total. The van der Waals surface area contributed by atoms with Gasteiger partial charge in [0.15, 0.2) is 28.3 Å². The van der Waals surface area contributed by atoms with Crippen molar-refractivity contribution in [3.63, 3.8) is 0 Å². The first kappa shape index (κ1) is 29.8. The Kier molecular flexibility index (Phi) is 7.69. The number of aliphatic hydroxyl groups excluding tert-OH is 7. The van der Waals surface area contributed by atoms with Crippen LogP contribution in [0.3, 0.4) is 0 Å². The van der Waals surface area contributed by atoms with Crippen LogP contribution in [0.15, 0.2) is 27.4 Å². The van der Waals surface area contributed by atoms with Crippen molar-refractivity contribution in [1.29, 1.82) is 0 Å². The lowest BCUT2D eigenvalue weighted by molar-refractivity contribution is -0.231. The Bertz CT molecular complexity index is 1540. The number of phenolic OH excluding ortho intramolecular Hbond substituents is 5. The Labute approximate surface area is 234 Å². The lowest BCUT2D eigenvalue weighted by Crippen LogP contribution is -2.55. The van der Waals surface area contributed by atoms with Gasteiger partial charge in [0.05, 0.1) is 24.3 Å². The van der Waals surface area contributed by atoms with Gasteiger partial charge in [0.2, 0.25) is 0 Å². The summed E-state index contributed by atoms with van der Waals surface area (Å²) in [7, 11) is 0. The average Bonchev–Trinajstić information content (AvgIpc) is 2.95. The zero-order valence-corrected chi connectivity index (χ0v) is 21.3. The SMILES string of the molecule is O=c1cc(-c2cc(O)c(O)c(O)c2)oc2c([C@@H]3O[C@@H](CO)[C@@H](O)[C@H](O)[C@H]3O)c(O)c([C@@H]3OC[C@H](O)[C@H](O)[C@@H]3O)c(O)c12. The highest BCUT2D eigenvalue weighted by molar-refractivity contribution is 5.92. The van der Waals surface area contributed by atoms with Crippen molar-refractivity contribution in [2.45, 2.75) is 54.9 Å². The van der Waals surface area contributed by atoms with E-state index in [-0.39, 0.29) is 5.56 Å². The first-order valence-electron chi connectivity index (χ1n) is 12.6. The third-order valence-corrected chi connectivity index (χ3v) is 7.51. The third-order valence-electron chi connectivity index (χ3n) is 7.51. The predicted molar refractivity (Wildman–Crippen MR) is 136 cm³/mol. The van der Waals surface area contributed by atoms with E-state index in [4.69, 9.17) is 13.9 Å². The monoisotopic (exact) mass is 596 g/mol. The second-order valence-electron chi connectivity index (χ2n) is 10.1. The van der Waals surface area contributed by atoms with Crippen LogP contribution in [0.5, 0.6) is 28.7 Å². The van der Waals surface area contributed by atoms with Gasteiger partial charge in [-0.15, -0.1) is 0 Å². The molecule has 0 spiro atoms. The number of hydrogen-bond donors (Lipinski definition) is 12. The molecule has 2 aliphatic heterocycles. The van der Waals surface area contributed by atoms with Crippen LogP contribution in [-0.4, -0.2) is 117 Å². The number of aliphatic hydroxyl groups is 7. The molecular formula is C26H28O16. The molecule has 0 bridgehead atoms. The summed E-state index contributed by atoms with van der Waals surface area (Å²) in [6, 6.07) is 2.64. The zero-order chi connectivity index (χ0) is 30.8. The highest BCUT2D eigenvalue weighted by Crippen LogP contribution is 2.50. The Balaban J connectivity index is 1.83. The van der Waals surface area contributed by atoms with Crippen LogP contribution in [0.1, 0.15) is 23.3 Å². The van der Waals surface area contributed by atoms with Crippen molar-refractivity contribution in [2.75, 3.05) is 13.2 Å². The molecule has 42 heavy (non-hydrogen) atoms. The minimum absolute atomic E-state index is 0.173. The first-order chi connectivity index (χ1) is 19.8. The Hall–Kier alpha value is -3.71. The molecular weight excluding hydrogens is 568 g/mol. The quantitative estimate of drug-likeness (QED) is 0.140. The summed E-state index contributed by atoms with van der Waals surface area (Å²) in [5.41, 5.74) is -3.18. The van der Waals surface area contributed by atoms with Crippen LogP contribution < -0.4 is 5.43 Å². The molecule has 2 aliphatic rings. The smallest absolute Gasteiger partial charge is 0.200 e. The molecule has 0 radical (unpaired) electrons. The van der Waals surface area contributed by atoms with Crippen molar-refractivity contribution in [1.82, 2.24) is 0 Å². The second-order valence-corrected chi connectivity index (χ2v) is 10.1. The normalized spacial score (nSPS) is 31.8. The van der Waals surface area contributed by atoms with Crippen molar-refractivity contribution in [2.24, 2.45) is 0 Å². The van der Waals surface area contributed by atoms with Crippen molar-refractivity contribution in [3.8, 4) is 40.1 Å². The summed E-state index contributed by atoms with van der Waals surface area (Å²) in [5, 5.41) is 124. The van der Waals surface area contributed by atoms with Crippen LogP contribution >= 0.6 is 0 Å². The maximum absolute atomic E-state index is 13.4. The molecule has 5 rings (SSSR count). The van der Waals surface area contributed by atoms with Gasteiger partial charge in [-0.3, -0.25) is 4.79 Å². The number of ether oxygens (including phenoxy) is 2. The van der Waals surface area contributed by atoms with Crippen LogP contribution in [-0.2, 0) is 9.47 Å². The van der Waals surface area contributed by atoms with Gasteiger partial charge in [-0.05, 0) is 12.1 Å². The largest absolute Gasteiger partial charge is 0.507 e. The molecule has 228 valence electrons. The van der Waals surface area contributed by atoms with E-state index in [0.29, 0.717) is 0 Å². The molecule has 16 heteroatoms. The van der Waals surface area contributed by atoms with Gasteiger partial charge >= 0.3 is 0 Å². The van der Waals surface area contributed by atoms with E-state index in [1.807, 2.05) is 0 Å². The molecule has 2 aromatic carbocycles. The second kappa shape index (κ2) is 10.8. The predicted octanol–water partition coefficient (Wildman–Crippen LogP) is -2.34. The Morgan fingerprint density at radius 2 is 1.33 bits per heavy atom. The maximum Gasteiger partial charge on any atom is 0.200 e. The molecule has 0 amide bonds. The zero-order valence-electron chi connectivity index (χ0n) is 21.3. The number of hydrogen-bond acceptors (Lipinski definition) is 16. The minimum Gasteiger partial charge on any atom is -0.507 e. The molecule has 2 saturated heterocycles. The molecule has 3 aromatic rings. The molecule has 9 atom stereocenters. The van der Waals surface area contributed by atoms with Gasteiger partial charge in [-0.25, -0.2) is 0 Å². The van der Waals surface area contributed by atoms with E-state index in [1.165, 1.54) is 0 Å². The van der Waals surface area contributed by atoms with E-state index in [2.05, 4.69) is 0 Å². The molecule has 1 aromatic heterocycles. The van der Waals surface area contributed by atoms with E-state index >= 15 is 0 Å². The molecule has 0 saturated carbocycles. The summed E-state index contributed by atoms with van der Waals surface area (Å²) >= 11 is 0. The summed E-state index contributed by atoms with van der Waals surface area (Å²) < 4.78 is 16.7. The van der Waals surface area contributed by atoms with Gasteiger partial charge in [0.25, 0.3) is 0 Å². The number of benzene rings is 2. The maximum atomic E-state index is 13.4. The summed E-state index contributed by atoms with van der Waals surface area (Å²) in [5.74, 6) is -4.89. The van der Waals surface area contributed by atoms with Crippen LogP contribution in [0, 0.1) is 0 Å². The van der Waals surface area contributed by atoms with Gasteiger partial charge in [0.1, 0.15) is 77.6 Å². The Morgan fingerprint density at radius 1 is 0.714 bits per heavy atom.